The quantitative estimate of drug-likeness (QED) is 0.178. The summed E-state index contributed by atoms with van der Waals surface area (Å²) in [5.74, 6) is -0.726. The first-order valence-electron chi connectivity index (χ1n) is 12.4. The highest BCUT2D eigenvalue weighted by atomic mass is 32.2. The van der Waals surface area contributed by atoms with Gasteiger partial charge in [0.1, 0.15) is 5.75 Å². The Morgan fingerprint density at radius 1 is 1.13 bits per heavy atom. The molecule has 3 aromatic carbocycles. The normalized spacial score (nSPS) is 15.4. The van der Waals surface area contributed by atoms with Gasteiger partial charge in [0.15, 0.2) is 0 Å². The van der Waals surface area contributed by atoms with Crippen LogP contribution in [0, 0.1) is 0 Å². The van der Waals surface area contributed by atoms with Crippen molar-refractivity contribution >= 4 is 32.9 Å². The molecule has 9 heteroatoms. The Morgan fingerprint density at radius 2 is 1.95 bits per heavy atom. The summed E-state index contributed by atoms with van der Waals surface area (Å²) < 4.78 is 31.6. The number of phenols is 1. The van der Waals surface area contributed by atoms with E-state index in [1.807, 2.05) is 49.6 Å². The highest BCUT2D eigenvalue weighted by Gasteiger charge is 2.36. The van der Waals surface area contributed by atoms with Gasteiger partial charge in [-0.1, -0.05) is 42.5 Å². The van der Waals surface area contributed by atoms with Gasteiger partial charge < -0.3 is 9.67 Å². The molecule has 0 bridgehead atoms. The maximum Gasteiger partial charge on any atom is 0.267 e. The predicted molar refractivity (Wildman–Crippen MR) is 145 cm³/mol. The minimum absolute atomic E-state index is 0.0541. The molecule has 0 saturated heterocycles. The smallest absolute Gasteiger partial charge is 0.267 e. The highest BCUT2D eigenvalue weighted by Crippen LogP contribution is 2.40. The van der Waals surface area contributed by atoms with Crippen LogP contribution in [-0.2, 0) is 34.7 Å². The van der Waals surface area contributed by atoms with E-state index in [0.29, 0.717) is 19.3 Å². The van der Waals surface area contributed by atoms with Crippen molar-refractivity contribution in [3.63, 3.8) is 0 Å². The number of amides is 1. The molecule has 3 N–H and O–H groups in total. The van der Waals surface area contributed by atoms with E-state index in [-0.39, 0.29) is 23.2 Å². The number of nitrogens with zero attached hydrogens (tertiary/aromatic N) is 2. The highest BCUT2D eigenvalue weighted by molar-refractivity contribution is 7.89. The number of aryl methyl sites for hydroxylation is 2. The molecule has 1 amide bonds. The lowest BCUT2D eigenvalue weighted by atomic mass is 10.0. The summed E-state index contributed by atoms with van der Waals surface area (Å²) >= 11 is 0. The average molecular weight is 532 g/mol. The maximum atomic E-state index is 14.0. The molecule has 0 fully saturated rings. The van der Waals surface area contributed by atoms with Gasteiger partial charge in [0.2, 0.25) is 10.0 Å². The lowest BCUT2D eigenvalue weighted by Crippen LogP contribution is -2.35. The lowest BCUT2D eigenvalue weighted by Gasteiger charge is -2.29. The fraction of sp³-hybridized carbons (Fsp3) is 0.207. The fourth-order valence-electron chi connectivity index (χ4n) is 5.31. The topological polar surface area (TPSA) is 112 Å². The number of carbonyl (C=O) groups excluding carboxylic acids is 1. The van der Waals surface area contributed by atoms with Crippen LogP contribution in [0.2, 0.25) is 0 Å². The SMILES string of the molecule is Cn1cc(CCN(C2CCc3cc(/C=C/C(=O)NO)ccc32)S(=O)(=O)c2cccc(O)c2)c2ccccc21. The van der Waals surface area contributed by atoms with Gasteiger partial charge in [0, 0.05) is 36.8 Å². The van der Waals surface area contributed by atoms with Gasteiger partial charge in [-0.3, -0.25) is 10.0 Å². The van der Waals surface area contributed by atoms with Crippen LogP contribution < -0.4 is 5.48 Å². The number of hydrogen-bond acceptors (Lipinski definition) is 5. The van der Waals surface area contributed by atoms with E-state index in [9.17, 15) is 18.3 Å². The second kappa shape index (κ2) is 10.4. The number of fused-ring (bicyclic) bond motifs is 2. The van der Waals surface area contributed by atoms with E-state index in [2.05, 4.69) is 10.6 Å². The van der Waals surface area contributed by atoms with Crippen molar-refractivity contribution in [2.75, 3.05) is 6.54 Å². The van der Waals surface area contributed by atoms with Gasteiger partial charge in [0.25, 0.3) is 5.91 Å². The second-order valence-electron chi connectivity index (χ2n) is 9.47. The number of nitrogens with one attached hydrogen (secondary N) is 1. The summed E-state index contributed by atoms with van der Waals surface area (Å²) in [6.45, 7) is 0.272. The van der Waals surface area contributed by atoms with Gasteiger partial charge in [-0.05, 0) is 71.9 Å². The van der Waals surface area contributed by atoms with Crippen molar-refractivity contribution in [2.45, 2.75) is 30.2 Å². The number of sulfonamides is 1. The predicted octanol–water partition coefficient (Wildman–Crippen LogP) is 4.32. The Labute approximate surface area is 221 Å². The van der Waals surface area contributed by atoms with Crippen LogP contribution in [0.5, 0.6) is 5.75 Å². The monoisotopic (exact) mass is 531 g/mol. The van der Waals surface area contributed by atoms with Crippen LogP contribution >= 0.6 is 0 Å². The summed E-state index contributed by atoms with van der Waals surface area (Å²) in [5, 5.41) is 19.8. The third kappa shape index (κ3) is 4.96. The van der Waals surface area contributed by atoms with E-state index in [1.54, 1.807) is 15.9 Å². The van der Waals surface area contributed by atoms with Crippen LogP contribution in [0.3, 0.4) is 0 Å². The molecule has 1 heterocycles. The van der Waals surface area contributed by atoms with Crippen LogP contribution in [0.25, 0.3) is 17.0 Å². The standard InChI is InChI=1S/C29H29N3O5S/c1-31-19-22(25-7-2-3-8-27(25)31)15-16-32(38(36,37)24-6-4-5-23(33)18-24)28-13-11-21-17-20(9-12-26(21)28)10-14-29(34)30-35/h2-10,12,14,17-19,28,33,35H,11,13,15-16H2,1H3,(H,30,34)/b14-10+. The first kappa shape index (κ1) is 25.7. The number of benzene rings is 3. The number of phenolic OH excluding ortho intramolecular Hbond substituents is 1. The molecule has 5 rings (SSSR count). The second-order valence-corrected chi connectivity index (χ2v) is 11.4. The number of aromatic nitrogens is 1. The van der Waals surface area contributed by atoms with Crippen molar-refractivity contribution in [3.05, 3.63) is 101 Å². The largest absolute Gasteiger partial charge is 0.508 e. The Bertz CT molecular complexity index is 1640. The summed E-state index contributed by atoms with van der Waals surface area (Å²) in [7, 11) is -1.95. The molecule has 0 aliphatic heterocycles. The van der Waals surface area contributed by atoms with E-state index in [0.717, 1.165) is 33.2 Å². The van der Waals surface area contributed by atoms with E-state index in [4.69, 9.17) is 5.21 Å². The van der Waals surface area contributed by atoms with Crippen molar-refractivity contribution in [1.29, 1.82) is 0 Å². The minimum Gasteiger partial charge on any atom is -0.508 e. The van der Waals surface area contributed by atoms with Crippen molar-refractivity contribution in [1.82, 2.24) is 14.4 Å². The van der Waals surface area contributed by atoms with Gasteiger partial charge in [0.05, 0.1) is 10.9 Å². The lowest BCUT2D eigenvalue weighted by molar-refractivity contribution is -0.124. The molecule has 0 saturated carbocycles. The molecule has 0 spiro atoms. The number of hydroxylamine groups is 1. The molecule has 1 unspecified atom stereocenters. The molecule has 0 radical (unpaired) electrons. The number of aromatic hydroxyl groups is 1. The molecule has 4 aromatic rings. The number of rotatable bonds is 8. The Balaban J connectivity index is 1.51. The van der Waals surface area contributed by atoms with Crippen LogP contribution in [0.1, 0.15) is 34.7 Å². The number of carbonyl (C=O) groups is 1. The van der Waals surface area contributed by atoms with Crippen LogP contribution in [-0.4, -0.2) is 40.1 Å². The van der Waals surface area contributed by atoms with Gasteiger partial charge in [-0.15, -0.1) is 0 Å². The average Bonchev–Trinajstić information content (AvgIpc) is 3.48. The molecule has 196 valence electrons. The van der Waals surface area contributed by atoms with Crippen LogP contribution in [0.4, 0.5) is 0 Å². The molecule has 38 heavy (non-hydrogen) atoms. The molecule has 1 aromatic heterocycles. The summed E-state index contributed by atoms with van der Waals surface area (Å²) in [6, 6.07) is 19.2. The Hall–Kier alpha value is -3.92. The third-order valence-electron chi connectivity index (χ3n) is 7.10. The molecule has 1 aliphatic rings. The summed E-state index contributed by atoms with van der Waals surface area (Å²) in [4.78, 5) is 11.4. The zero-order chi connectivity index (χ0) is 26.9. The number of hydrogen-bond donors (Lipinski definition) is 3. The van der Waals surface area contributed by atoms with Crippen molar-refractivity contribution in [3.8, 4) is 5.75 Å². The summed E-state index contributed by atoms with van der Waals surface area (Å²) in [5.41, 5.74) is 6.45. The third-order valence-corrected chi connectivity index (χ3v) is 9.01. The first-order chi connectivity index (χ1) is 18.3. The fourth-order valence-corrected chi connectivity index (χ4v) is 6.98. The Morgan fingerprint density at radius 3 is 2.74 bits per heavy atom. The number of para-hydroxylation sites is 1. The minimum atomic E-state index is -3.93. The molecule has 1 atom stereocenters. The van der Waals surface area contributed by atoms with E-state index < -0.39 is 15.9 Å². The molecule has 8 nitrogen and oxygen atoms in total. The molecule has 1 aliphatic carbocycles. The zero-order valence-electron chi connectivity index (χ0n) is 20.9. The Kier molecular flexibility index (Phi) is 7.07. The van der Waals surface area contributed by atoms with Crippen molar-refractivity contribution in [2.24, 2.45) is 7.05 Å². The van der Waals surface area contributed by atoms with Crippen LogP contribution in [0.15, 0.2) is 83.9 Å². The molecular weight excluding hydrogens is 502 g/mol. The van der Waals surface area contributed by atoms with E-state index >= 15 is 0 Å². The van der Waals surface area contributed by atoms with Gasteiger partial charge >= 0.3 is 0 Å². The summed E-state index contributed by atoms with van der Waals surface area (Å²) in [6.07, 6.45) is 6.72. The van der Waals surface area contributed by atoms with E-state index in [1.165, 1.54) is 30.3 Å². The zero-order valence-corrected chi connectivity index (χ0v) is 21.7. The van der Waals surface area contributed by atoms with Gasteiger partial charge in [-0.2, -0.15) is 4.31 Å². The maximum absolute atomic E-state index is 14.0. The van der Waals surface area contributed by atoms with Gasteiger partial charge in [-0.25, -0.2) is 13.9 Å². The first-order valence-corrected chi connectivity index (χ1v) is 13.8. The van der Waals surface area contributed by atoms with Crippen molar-refractivity contribution < 1.29 is 23.5 Å². The molecular formula is C29H29N3O5S.